The molecule has 1 saturated carbocycles. The average Bonchev–Trinajstić information content (AvgIpc) is 3.24. The Bertz CT molecular complexity index is 603. The average molecular weight is 287 g/mol. The quantitative estimate of drug-likeness (QED) is 0.811. The Hall–Kier alpha value is -2.18. The molecule has 2 N–H and O–H groups in total. The molecule has 0 aromatic carbocycles. The van der Waals surface area contributed by atoms with E-state index in [0.717, 1.165) is 36.4 Å². The maximum Gasteiger partial charge on any atom is 0.152 e. The Morgan fingerprint density at radius 1 is 1.19 bits per heavy atom. The fourth-order valence-electron chi connectivity index (χ4n) is 2.20. The van der Waals surface area contributed by atoms with E-state index in [1.807, 2.05) is 10.6 Å². The predicted molar refractivity (Wildman–Crippen MR) is 81.2 cm³/mol. The zero-order valence-corrected chi connectivity index (χ0v) is 12.5. The van der Waals surface area contributed by atoms with Crippen molar-refractivity contribution in [2.75, 3.05) is 17.2 Å². The molecule has 1 aliphatic carbocycles. The summed E-state index contributed by atoms with van der Waals surface area (Å²) >= 11 is 0. The number of nitrogens with one attached hydrogen (secondary N) is 2. The maximum atomic E-state index is 4.61. The van der Waals surface area contributed by atoms with E-state index in [1.165, 1.54) is 12.8 Å². The van der Waals surface area contributed by atoms with E-state index in [0.29, 0.717) is 12.5 Å². The first-order valence-electron chi connectivity index (χ1n) is 7.53. The Labute approximate surface area is 124 Å². The topological polar surface area (TPSA) is 80.5 Å². The predicted octanol–water partition coefficient (Wildman–Crippen LogP) is 2.01. The van der Waals surface area contributed by atoms with Gasteiger partial charge < -0.3 is 15.2 Å². The molecule has 0 bridgehead atoms. The molecule has 0 unspecified atom stereocenters. The van der Waals surface area contributed by atoms with Crippen LogP contribution in [-0.2, 0) is 13.1 Å². The highest BCUT2D eigenvalue weighted by atomic mass is 15.3. The van der Waals surface area contributed by atoms with Crippen LogP contribution in [0.3, 0.4) is 0 Å². The van der Waals surface area contributed by atoms with Crippen LogP contribution in [0.2, 0.25) is 0 Å². The maximum absolute atomic E-state index is 4.61. The van der Waals surface area contributed by atoms with Gasteiger partial charge in [-0.15, -0.1) is 10.2 Å². The SMILES string of the molecule is CCNc1cc(NCc2nncn2CC)nc(C2CC2)n1. The smallest absolute Gasteiger partial charge is 0.152 e. The van der Waals surface area contributed by atoms with Crippen LogP contribution in [0, 0.1) is 0 Å². The van der Waals surface area contributed by atoms with E-state index in [2.05, 4.69) is 44.6 Å². The molecule has 0 radical (unpaired) electrons. The second-order valence-electron chi connectivity index (χ2n) is 5.19. The van der Waals surface area contributed by atoms with Crippen molar-refractivity contribution < 1.29 is 0 Å². The molecule has 1 aliphatic rings. The summed E-state index contributed by atoms with van der Waals surface area (Å²) in [6.45, 7) is 6.47. The van der Waals surface area contributed by atoms with Gasteiger partial charge in [0.1, 0.15) is 23.8 Å². The fourth-order valence-corrected chi connectivity index (χ4v) is 2.20. The van der Waals surface area contributed by atoms with E-state index in [9.17, 15) is 0 Å². The highest BCUT2D eigenvalue weighted by Crippen LogP contribution is 2.38. The van der Waals surface area contributed by atoms with Crippen LogP contribution in [-0.4, -0.2) is 31.3 Å². The van der Waals surface area contributed by atoms with Gasteiger partial charge in [0.25, 0.3) is 0 Å². The summed E-state index contributed by atoms with van der Waals surface area (Å²) in [7, 11) is 0. The molecule has 0 spiro atoms. The summed E-state index contributed by atoms with van der Waals surface area (Å²) in [5.41, 5.74) is 0. The largest absolute Gasteiger partial charge is 0.370 e. The van der Waals surface area contributed by atoms with Crippen molar-refractivity contribution in [3.8, 4) is 0 Å². The summed E-state index contributed by atoms with van der Waals surface area (Å²) in [4.78, 5) is 9.18. The van der Waals surface area contributed by atoms with Gasteiger partial charge in [-0.25, -0.2) is 9.97 Å². The van der Waals surface area contributed by atoms with Gasteiger partial charge in [0.15, 0.2) is 5.82 Å². The molecule has 21 heavy (non-hydrogen) atoms. The molecule has 7 heteroatoms. The standard InChI is InChI=1S/C14H21N7/c1-3-15-11-7-12(19-14(18-11)10-5-6-10)16-8-13-20-17-9-21(13)4-2/h7,9-10H,3-6,8H2,1-2H3,(H2,15,16,18,19). The molecule has 0 atom stereocenters. The van der Waals surface area contributed by atoms with Crippen LogP contribution >= 0.6 is 0 Å². The minimum absolute atomic E-state index is 0.531. The summed E-state index contributed by atoms with van der Waals surface area (Å²) in [5.74, 6) is 4.10. The van der Waals surface area contributed by atoms with E-state index in [4.69, 9.17) is 0 Å². The highest BCUT2D eigenvalue weighted by Gasteiger charge is 2.27. The summed E-state index contributed by atoms with van der Waals surface area (Å²) in [6, 6.07) is 1.95. The van der Waals surface area contributed by atoms with Crippen LogP contribution < -0.4 is 10.6 Å². The Morgan fingerprint density at radius 3 is 2.62 bits per heavy atom. The molecule has 0 aliphatic heterocycles. The number of hydrogen-bond acceptors (Lipinski definition) is 6. The van der Waals surface area contributed by atoms with Crippen molar-refractivity contribution >= 4 is 11.6 Å². The minimum atomic E-state index is 0.531. The van der Waals surface area contributed by atoms with Crippen LogP contribution in [0.1, 0.15) is 44.3 Å². The normalized spacial score (nSPS) is 14.2. The lowest BCUT2D eigenvalue weighted by molar-refractivity contribution is 0.707. The summed E-state index contributed by atoms with van der Waals surface area (Å²) in [6.07, 6.45) is 4.13. The van der Waals surface area contributed by atoms with Crippen molar-refractivity contribution in [1.29, 1.82) is 0 Å². The lowest BCUT2D eigenvalue weighted by Crippen LogP contribution is -2.11. The molecular weight excluding hydrogens is 266 g/mol. The Kier molecular flexibility index (Phi) is 3.98. The van der Waals surface area contributed by atoms with Crippen molar-refractivity contribution in [1.82, 2.24) is 24.7 Å². The second-order valence-corrected chi connectivity index (χ2v) is 5.19. The van der Waals surface area contributed by atoms with E-state index in [-0.39, 0.29) is 0 Å². The van der Waals surface area contributed by atoms with Crippen molar-refractivity contribution in [3.63, 3.8) is 0 Å². The summed E-state index contributed by atoms with van der Waals surface area (Å²) in [5, 5.41) is 14.6. The zero-order valence-electron chi connectivity index (χ0n) is 12.5. The van der Waals surface area contributed by atoms with Gasteiger partial charge in [-0.05, 0) is 26.7 Å². The first kappa shape index (κ1) is 13.8. The lowest BCUT2D eigenvalue weighted by atomic mass is 10.3. The van der Waals surface area contributed by atoms with Gasteiger partial charge in [0.05, 0.1) is 6.54 Å². The zero-order chi connectivity index (χ0) is 14.7. The number of hydrogen-bond donors (Lipinski definition) is 2. The molecule has 3 rings (SSSR count). The van der Waals surface area contributed by atoms with Crippen molar-refractivity contribution in [3.05, 3.63) is 24.0 Å². The third-order valence-corrected chi connectivity index (χ3v) is 3.51. The molecule has 7 nitrogen and oxygen atoms in total. The fraction of sp³-hybridized carbons (Fsp3) is 0.571. The second kappa shape index (κ2) is 6.07. The summed E-state index contributed by atoms with van der Waals surface area (Å²) < 4.78 is 2.02. The molecule has 2 heterocycles. The molecule has 2 aromatic rings. The van der Waals surface area contributed by atoms with E-state index >= 15 is 0 Å². The Morgan fingerprint density at radius 2 is 1.95 bits per heavy atom. The number of anilines is 2. The van der Waals surface area contributed by atoms with Gasteiger partial charge >= 0.3 is 0 Å². The first-order chi connectivity index (χ1) is 10.3. The minimum Gasteiger partial charge on any atom is -0.370 e. The van der Waals surface area contributed by atoms with Crippen LogP contribution in [0.5, 0.6) is 0 Å². The van der Waals surface area contributed by atoms with Crippen LogP contribution in [0.15, 0.2) is 12.4 Å². The van der Waals surface area contributed by atoms with Gasteiger partial charge in [0.2, 0.25) is 0 Å². The van der Waals surface area contributed by atoms with Gasteiger partial charge in [-0.2, -0.15) is 0 Å². The molecule has 1 fully saturated rings. The molecular formula is C14H21N7. The number of nitrogens with zero attached hydrogens (tertiary/aromatic N) is 5. The third-order valence-electron chi connectivity index (χ3n) is 3.51. The highest BCUT2D eigenvalue weighted by molar-refractivity contribution is 5.48. The van der Waals surface area contributed by atoms with E-state index < -0.39 is 0 Å². The van der Waals surface area contributed by atoms with Gasteiger partial charge in [0, 0.05) is 25.1 Å². The molecule has 112 valence electrons. The monoisotopic (exact) mass is 287 g/mol. The number of rotatable bonds is 7. The Balaban J connectivity index is 1.74. The number of aryl methyl sites for hydroxylation is 1. The lowest BCUT2D eigenvalue weighted by Gasteiger charge is -2.10. The van der Waals surface area contributed by atoms with Crippen molar-refractivity contribution in [2.24, 2.45) is 0 Å². The van der Waals surface area contributed by atoms with Gasteiger partial charge in [-0.1, -0.05) is 0 Å². The first-order valence-corrected chi connectivity index (χ1v) is 7.53. The number of aromatic nitrogens is 5. The van der Waals surface area contributed by atoms with E-state index in [1.54, 1.807) is 6.33 Å². The van der Waals surface area contributed by atoms with Crippen LogP contribution in [0.25, 0.3) is 0 Å². The van der Waals surface area contributed by atoms with Crippen molar-refractivity contribution in [2.45, 2.75) is 45.7 Å². The molecule has 2 aromatic heterocycles. The molecule has 0 amide bonds. The van der Waals surface area contributed by atoms with Gasteiger partial charge in [-0.3, -0.25) is 0 Å². The third kappa shape index (κ3) is 3.29. The van der Waals surface area contributed by atoms with Crippen LogP contribution in [0.4, 0.5) is 11.6 Å². The molecule has 0 saturated heterocycles.